The van der Waals surface area contributed by atoms with Crippen LogP contribution in [0.25, 0.3) is 0 Å². The summed E-state index contributed by atoms with van der Waals surface area (Å²) >= 11 is 6.25. The SMILES string of the molecule is Fc1cc(Oc2cc(Br)ncn2)ccc1Br. The van der Waals surface area contributed by atoms with Crippen LogP contribution in [-0.4, -0.2) is 9.97 Å². The highest BCUT2D eigenvalue weighted by Crippen LogP contribution is 2.25. The first-order chi connectivity index (χ1) is 7.65. The number of benzene rings is 1. The predicted octanol–water partition coefficient (Wildman–Crippen LogP) is 3.93. The van der Waals surface area contributed by atoms with E-state index in [1.165, 1.54) is 12.4 Å². The zero-order chi connectivity index (χ0) is 11.5. The van der Waals surface area contributed by atoms with Crippen molar-refractivity contribution < 1.29 is 9.13 Å². The van der Waals surface area contributed by atoms with E-state index in [0.29, 0.717) is 20.7 Å². The first-order valence-corrected chi connectivity index (χ1v) is 5.84. The van der Waals surface area contributed by atoms with Gasteiger partial charge in [-0.15, -0.1) is 0 Å². The van der Waals surface area contributed by atoms with Gasteiger partial charge in [-0.2, -0.15) is 0 Å². The topological polar surface area (TPSA) is 35.0 Å². The zero-order valence-corrected chi connectivity index (χ0v) is 11.0. The average molecular weight is 348 g/mol. The summed E-state index contributed by atoms with van der Waals surface area (Å²) in [4.78, 5) is 7.75. The molecule has 0 fully saturated rings. The lowest BCUT2D eigenvalue weighted by Gasteiger charge is -2.04. The number of rotatable bonds is 2. The minimum Gasteiger partial charge on any atom is -0.439 e. The molecule has 0 saturated carbocycles. The van der Waals surface area contributed by atoms with Crippen molar-refractivity contribution in [3.63, 3.8) is 0 Å². The van der Waals surface area contributed by atoms with Crippen LogP contribution in [0.3, 0.4) is 0 Å². The average Bonchev–Trinajstić information content (AvgIpc) is 2.24. The molecule has 6 heteroatoms. The van der Waals surface area contributed by atoms with E-state index in [0.717, 1.165) is 0 Å². The second-order valence-corrected chi connectivity index (χ2v) is 4.52. The number of aromatic nitrogens is 2. The van der Waals surface area contributed by atoms with Crippen LogP contribution >= 0.6 is 31.9 Å². The maximum Gasteiger partial charge on any atom is 0.223 e. The van der Waals surface area contributed by atoms with Gasteiger partial charge in [0, 0.05) is 12.1 Å². The van der Waals surface area contributed by atoms with E-state index in [-0.39, 0.29) is 5.82 Å². The van der Waals surface area contributed by atoms with E-state index in [1.54, 1.807) is 18.2 Å². The van der Waals surface area contributed by atoms with Crippen molar-refractivity contribution in [2.75, 3.05) is 0 Å². The van der Waals surface area contributed by atoms with Gasteiger partial charge in [0.1, 0.15) is 22.5 Å². The molecule has 0 atom stereocenters. The summed E-state index contributed by atoms with van der Waals surface area (Å²) in [6.07, 6.45) is 1.36. The van der Waals surface area contributed by atoms with E-state index < -0.39 is 0 Å². The van der Waals surface area contributed by atoms with Gasteiger partial charge in [-0.1, -0.05) is 0 Å². The smallest absolute Gasteiger partial charge is 0.223 e. The van der Waals surface area contributed by atoms with Crippen molar-refractivity contribution >= 4 is 31.9 Å². The van der Waals surface area contributed by atoms with Crippen molar-refractivity contribution in [2.24, 2.45) is 0 Å². The van der Waals surface area contributed by atoms with E-state index in [2.05, 4.69) is 41.8 Å². The quantitative estimate of drug-likeness (QED) is 0.772. The van der Waals surface area contributed by atoms with Crippen molar-refractivity contribution in [2.45, 2.75) is 0 Å². The summed E-state index contributed by atoms with van der Waals surface area (Å²) in [5, 5.41) is 0. The van der Waals surface area contributed by atoms with Gasteiger partial charge in [0.05, 0.1) is 4.47 Å². The Hall–Kier alpha value is -1.01. The van der Waals surface area contributed by atoms with Crippen molar-refractivity contribution in [3.8, 4) is 11.6 Å². The molecule has 0 unspecified atom stereocenters. The monoisotopic (exact) mass is 346 g/mol. The summed E-state index contributed by atoms with van der Waals surface area (Å²) in [6, 6.07) is 6.09. The normalized spacial score (nSPS) is 10.2. The third-order valence-electron chi connectivity index (χ3n) is 1.72. The maximum absolute atomic E-state index is 13.2. The molecule has 0 saturated heterocycles. The molecule has 1 aromatic carbocycles. The Morgan fingerprint density at radius 3 is 2.62 bits per heavy atom. The van der Waals surface area contributed by atoms with Crippen LogP contribution in [0, 0.1) is 5.82 Å². The Bertz CT molecular complexity index is 522. The van der Waals surface area contributed by atoms with Crippen LogP contribution in [0.5, 0.6) is 11.6 Å². The standard InChI is InChI=1S/C10H5Br2FN2O/c11-7-2-1-6(3-8(7)13)16-10-4-9(12)14-5-15-10/h1-5H. The molecule has 2 rings (SSSR count). The molecule has 0 aliphatic heterocycles. The van der Waals surface area contributed by atoms with Crippen LogP contribution in [0.2, 0.25) is 0 Å². The lowest BCUT2D eigenvalue weighted by molar-refractivity contribution is 0.455. The fourth-order valence-corrected chi connectivity index (χ4v) is 1.57. The van der Waals surface area contributed by atoms with Crippen molar-refractivity contribution in [1.29, 1.82) is 0 Å². The van der Waals surface area contributed by atoms with Gasteiger partial charge in [-0.3, -0.25) is 0 Å². The third kappa shape index (κ3) is 2.76. The Labute approximate surface area is 108 Å². The molecule has 1 heterocycles. The highest BCUT2D eigenvalue weighted by atomic mass is 79.9. The van der Waals surface area contributed by atoms with E-state index in [4.69, 9.17) is 4.74 Å². The second kappa shape index (κ2) is 4.88. The molecular formula is C10H5Br2FN2O. The molecule has 0 spiro atoms. The lowest BCUT2D eigenvalue weighted by atomic mass is 10.3. The minimum absolute atomic E-state index is 0.351. The number of nitrogens with zero attached hydrogens (tertiary/aromatic N) is 2. The van der Waals surface area contributed by atoms with Crippen LogP contribution in [0.1, 0.15) is 0 Å². The molecule has 0 aliphatic carbocycles. The summed E-state index contributed by atoms with van der Waals surface area (Å²) in [5.74, 6) is 0.348. The molecule has 0 N–H and O–H groups in total. The molecule has 1 aromatic heterocycles. The summed E-state index contributed by atoms with van der Waals surface area (Å²) in [7, 11) is 0. The maximum atomic E-state index is 13.2. The number of halogens is 3. The molecule has 16 heavy (non-hydrogen) atoms. The minimum atomic E-state index is -0.384. The Balaban J connectivity index is 2.24. The molecule has 0 amide bonds. The molecular weight excluding hydrogens is 343 g/mol. The first kappa shape index (κ1) is 11.5. The van der Waals surface area contributed by atoms with Crippen LogP contribution in [0.15, 0.2) is 39.7 Å². The van der Waals surface area contributed by atoms with Gasteiger partial charge in [-0.05, 0) is 44.0 Å². The molecule has 0 bridgehead atoms. The van der Waals surface area contributed by atoms with Crippen LogP contribution in [-0.2, 0) is 0 Å². The van der Waals surface area contributed by atoms with Gasteiger partial charge in [0.25, 0.3) is 0 Å². The summed E-state index contributed by atoms with van der Waals surface area (Å²) in [5.41, 5.74) is 0. The van der Waals surface area contributed by atoms with E-state index >= 15 is 0 Å². The molecule has 3 nitrogen and oxygen atoms in total. The van der Waals surface area contributed by atoms with Crippen molar-refractivity contribution in [3.05, 3.63) is 45.5 Å². The number of ether oxygens (including phenoxy) is 1. The highest BCUT2D eigenvalue weighted by molar-refractivity contribution is 9.10. The zero-order valence-electron chi connectivity index (χ0n) is 7.82. The predicted molar refractivity (Wildman–Crippen MR) is 63.9 cm³/mol. The fraction of sp³-hybridized carbons (Fsp3) is 0. The highest BCUT2D eigenvalue weighted by Gasteiger charge is 2.04. The summed E-state index contributed by atoms with van der Waals surface area (Å²) < 4.78 is 19.5. The van der Waals surface area contributed by atoms with E-state index in [9.17, 15) is 4.39 Å². The second-order valence-electron chi connectivity index (χ2n) is 2.86. The molecule has 2 aromatic rings. The Kier molecular flexibility index (Phi) is 3.50. The Morgan fingerprint density at radius 2 is 1.94 bits per heavy atom. The van der Waals surface area contributed by atoms with E-state index in [1.807, 2.05) is 0 Å². The molecule has 0 aliphatic rings. The molecule has 82 valence electrons. The molecule has 0 radical (unpaired) electrons. The van der Waals surface area contributed by atoms with Crippen LogP contribution < -0.4 is 4.74 Å². The Morgan fingerprint density at radius 1 is 1.12 bits per heavy atom. The third-order valence-corrected chi connectivity index (χ3v) is 2.80. The van der Waals surface area contributed by atoms with Gasteiger partial charge in [0.2, 0.25) is 5.88 Å². The summed E-state index contributed by atoms with van der Waals surface area (Å²) in [6.45, 7) is 0. The number of hydrogen-bond acceptors (Lipinski definition) is 3. The number of hydrogen-bond donors (Lipinski definition) is 0. The van der Waals surface area contributed by atoms with Crippen LogP contribution in [0.4, 0.5) is 4.39 Å². The first-order valence-electron chi connectivity index (χ1n) is 4.25. The lowest BCUT2D eigenvalue weighted by Crippen LogP contribution is -1.90. The van der Waals surface area contributed by atoms with Gasteiger partial charge in [0.15, 0.2) is 0 Å². The van der Waals surface area contributed by atoms with Gasteiger partial charge in [-0.25, -0.2) is 14.4 Å². The van der Waals surface area contributed by atoms with Crippen molar-refractivity contribution in [1.82, 2.24) is 9.97 Å². The largest absolute Gasteiger partial charge is 0.439 e. The fourth-order valence-electron chi connectivity index (χ4n) is 1.03. The van der Waals surface area contributed by atoms with Gasteiger partial charge < -0.3 is 4.74 Å². The van der Waals surface area contributed by atoms with Gasteiger partial charge >= 0.3 is 0 Å².